The molecule has 2 N–H and O–H groups in total. The van der Waals surface area contributed by atoms with Crippen LogP contribution in [0.5, 0.6) is 0 Å². The molecule has 1 atom stereocenters. The van der Waals surface area contributed by atoms with Gasteiger partial charge >= 0.3 is 5.97 Å². The number of hydrogen-bond donors (Lipinski definition) is 2. The Morgan fingerprint density at radius 3 is 2.47 bits per heavy atom. The Morgan fingerprint density at radius 2 is 1.89 bits per heavy atom. The van der Waals surface area contributed by atoms with Gasteiger partial charge in [0, 0.05) is 36.9 Å². The van der Waals surface area contributed by atoms with Crippen molar-refractivity contribution in [1.82, 2.24) is 15.0 Å². The van der Waals surface area contributed by atoms with Gasteiger partial charge in [0.05, 0.1) is 5.92 Å². The van der Waals surface area contributed by atoms with Crippen LogP contribution in [0.4, 0.5) is 5.95 Å². The number of aromatic nitrogens is 3. The van der Waals surface area contributed by atoms with Gasteiger partial charge in [0.25, 0.3) is 0 Å². The predicted octanol–water partition coefficient (Wildman–Crippen LogP) is 1.67. The van der Waals surface area contributed by atoms with Gasteiger partial charge in [-0.3, -0.25) is 9.78 Å². The summed E-state index contributed by atoms with van der Waals surface area (Å²) in [4.78, 5) is 22.9. The van der Waals surface area contributed by atoms with Gasteiger partial charge in [-0.25, -0.2) is 9.97 Å². The van der Waals surface area contributed by atoms with E-state index in [1.165, 1.54) is 0 Å². The second kappa shape index (κ2) is 5.90. The topological polar surface area (TPSA) is 88.0 Å². The quantitative estimate of drug-likeness (QED) is 0.848. The van der Waals surface area contributed by atoms with E-state index in [-0.39, 0.29) is 0 Å². The first-order chi connectivity index (χ1) is 9.16. The van der Waals surface area contributed by atoms with Crippen molar-refractivity contribution >= 4 is 11.9 Å². The molecule has 19 heavy (non-hydrogen) atoms. The second-order valence-electron chi connectivity index (χ2n) is 4.15. The van der Waals surface area contributed by atoms with E-state index >= 15 is 0 Å². The van der Waals surface area contributed by atoms with Crippen LogP contribution >= 0.6 is 0 Å². The van der Waals surface area contributed by atoms with E-state index in [0.29, 0.717) is 12.5 Å². The fourth-order valence-corrected chi connectivity index (χ4v) is 1.44. The normalized spacial score (nSPS) is 11.8. The molecule has 0 aliphatic carbocycles. The highest BCUT2D eigenvalue weighted by Crippen LogP contribution is 2.16. The summed E-state index contributed by atoms with van der Waals surface area (Å²) in [6.07, 6.45) is 6.79. The average Bonchev–Trinajstić information content (AvgIpc) is 2.46. The van der Waals surface area contributed by atoms with Crippen LogP contribution < -0.4 is 5.32 Å². The number of nitrogens with one attached hydrogen (secondary N) is 1. The van der Waals surface area contributed by atoms with Crippen molar-refractivity contribution in [1.29, 1.82) is 0 Å². The van der Waals surface area contributed by atoms with Gasteiger partial charge < -0.3 is 10.4 Å². The van der Waals surface area contributed by atoms with E-state index in [4.69, 9.17) is 5.11 Å². The number of nitrogens with zero attached hydrogens (tertiary/aromatic N) is 3. The first-order valence-electron chi connectivity index (χ1n) is 5.86. The Bertz CT molecular complexity index is 542. The van der Waals surface area contributed by atoms with E-state index in [1.807, 2.05) is 12.1 Å². The number of carboxylic acid groups (broad SMARTS) is 1. The largest absolute Gasteiger partial charge is 0.481 e. The van der Waals surface area contributed by atoms with Gasteiger partial charge in [-0.1, -0.05) is 6.92 Å². The van der Waals surface area contributed by atoms with E-state index in [2.05, 4.69) is 20.3 Å². The first kappa shape index (κ1) is 12.9. The molecule has 6 nitrogen and oxygen atoms in total. The van der Waals surface area contributed by atoms with Crippen molar-refractivity contribution in [2.45, 2.75) is 6.92 Å². The molecule has 6 heteroatoms. The van der Waals surface area contributed by atoms with Crippen molar-refractivity contribution in [2.75, 3.05) is 11.9 Å². The lowest BCUT2D eigenvalue weighted by molar-refractivity contribution is -0.140. The molecule has 0 bridgehead atoms. The van der Waals surface area contributed by atoms with Gasteiger partial charge in [-0.05, 0) is 17.7 Å². The van der Waals surface area contributed by atoms with Crippen molar-refractivity contribution in [2.24, 2.45) is 5.92 Å². The number of pyridine rings is 1. The average molecular weight is 258 g/mol. The number of hydrogen-bond acceptors (Lipinski definition) is 5. The molecular weight excluding hydrogens is 244 g/mol. The molecule has 0 amide bonds. The Labute approximate surface area is 110 Å². The Kier molecular flexibility index (Phi) is 4.02. The molecule has 0 fully saturated rings. The third-order valence-corrected chi connectivity index (χ3v) is 2.65. The van der Waals surface area contributed by atoms with Crippen molar-refractivity contribution < 1.29 is 9.90 Å². The molecule has 2 aromatic heterocycles. The number of rotatable bonds is 5. The molecule has 2 rings (SSSR count). The summed E-state index contributed by atoms with van der Waals surface area (Å²) in [5.41, 5.74) is 1.87. The molecule has 0 saturated carbocycles. The van der Waals surface area contributed by atoms with Crippen LogP contribution in [0.2, 0.25) is 0 Å². The lowest BCUT2D eigenvalue weighted by Crippen LogP contribution is -2.20. The monoisotopic (exact) mass is 258 g/mol. The first-order valence-corrected chi connectivity index (χ1v) is 5.86. The summed E-state index contributed by atoms with van der Waals surface area (Å²) in [5, 5.41) is 11.7. The van der Waals surface area contributed by atoms with Crippen molar-refractivity contribution in [3.63, 3.8) is 0 Å². The highest BCUT2D eigenvalue weighted by molar-refractivity contribution is 5.70. The third-order valence-electron chi connectivity index (χ3n) is 2.65. The predicted molar refractivity (Wildman–Crippen MR) is 70.6 cm³/mol. The molecular formula is C13H14N4O2. The lowest BCUT2D eigenvalue weighted by Gasteiger charge is -2.08. The van der Waals surface area contributed by atoms with Gasteiger partial charge in [0.2, 0.25) is 5.95 Å². The summed E-state index contributed by atoms with van der Waals surface area (Å²) in [6.45, 7) is 1.92. The Morgan fingerprint density at radius 1 is 1.26 bits per heavy atom. The van der Waals surface area contributed by atoms with Gasteiger partial charge in [0.15, 0.2) is 0 Å². The molecule has 0 aromatic carbocycles. The van der Waals surface area contributed by atoms with Crippen LogP contribution in [-0.2, 0) is 4.79 Å². The molecule has 2 aromatic rings. The maximum absolute atomic E-state index is 10.7. The zero-order chi connectivity index (χ0) is 13.7. The van der Waals surface area contributed by atoms with Crippen molar-refractivity contribution in [3.8, 4) is 11.1 Å². The van der Waals surface area contributed by atoms with Gasteiger partial charge in [-0.15, -0.1) is 0 Å². The number of carbonyl (C=O) groups is 1. The molecule has 0 spiro atoms. The van der Waals surface area contributed by atoms with Crippen LogP contribution in [0.15, 0.2) is 36.9 Å². The maximum atomic E-state index is 10.7. The number of carboxylic acids is 1. The molecule has 2 heterocycles. The minimum absolute atomic E-state index is 0.296. The van der Waals surface area contributed by atoms with Gasteiger partial charge in [0.1, 0.15) is 0 Å². The fourth-order valence-electron chi connectivity index (χ4n) is 1.44. The third kappa shape index (κ3) is 3.48. The SMILES string of the molecule is CC(CNc1ncc(-c2ccncc2)cn1)C(=O)O. The minimum atomic E-state index is -0.846. The van der Waals surface area contributed by atoms with Crippen LogP contribution in [-0.4, -0.2) is 32.6 Å². The molecule has 0 aliphatic rings. The van der Waals surface area contributed by atoms with Crippen LogP contribution in [0.1, 0.15) is 6.92 Å². The zero-order valence-corrected chi connectivity index (χ0v) is 10.4. The molecule has 0 saturated heterocycles. The highest BCUT2D eigenvalue weighted by Gasteiger charge is 2.10. The van der Waals surface area contributed by atoms with Crippen LogP contribution in [0.3, 0.4) is 0 Å². The minimum Gasteiger partial charge on any atom is -0.481 e. The molecule has 0 aliphatic heterocycles. The fraction of sp³-hybridized carbons (Fsp3) is 0.231. The summed E-state index contributed by atoms with van der Waals surface area (Å²) in [6, 6.07) is 3.75. The summed E-state index contributed by atoms with van der Waals surface area (Å²) < 4.78 is 0. The highest BCUT2D eigenvalue weighted by atomic mass is 16.4. The zero-order valence-electron chi connectivity index (χ0n) is 10.4. The van der Waals surface area contributed by atoms with Crippen LogP contribution in [0, 0.1) is 5.92 Å². The summed E-state index contributed by atoms with van der Waals surface area (Å²) in [7, 11) is 0. The van der Waals surface area contributed by atoms with Crippen molar-refractivity contribution in [3.05, 3.63) is 36.9 Å². The summed E-state index contributed by atoms with van der Waals surface area (Å²) >= 11 is 0. The van der Waals surface area contributed by atoms with E-state index < -0.39 is 11.9 Å². The van der Waals surface area contributed by atoms with E-state index in [1.54, 1.807) is 31.7 Å². The molecule has 0 radical (unpaired) electrons. The number of aliphatic carboxylic acids is 1. The van der Waals surface area contributed by atoms with E-state index in [9.17, 15) is 4.79 Å². The molecule has 1 unspecified atom stereocenters. The maximum Gasteiger partial charge on any atom is 0.308 e. The Hall–Kier alpha value is -2.50. The second-order valence-corrected chi connectivity index (χ2v) is 4.15. The van der Waals surface area contributed by atoms with Crippen LogP contribution in [0.25, 0.3) is 11.1 Å². The number of anilines is 1. The summed E-state index contributed by atoms with van der Waals surface area (Å²) in [5.74, 6) is -0.907. The standard InChI is InChI=1S/C13H14N4O2/c1-9(12(18)19)6-15-13-16-7-11(8-17-13)10-2-4-14-5-3-10/h2-5,7-9H,6H2,1H3,(H,18,19)(H,15,16,17). The Balaban J connectivity index is 2.01. The smallest absolute Gasteiger partial charge is 0.308 e. The molecule has 98 valence electrons. The van der Waals surface area contributed by atoms with E-state index in [0.717, 1.165) is 11.1 Å². The van der Waals surface area contributed by atoms with Gasteiger partial charge in [-0.2, -0.15) is 0 Å². The lowest BCUT2D eigenvalue weighted by atomic mass is 10.1.